The first-order valence-corrected chi connectivity index (χ1v) is 11.6. The van der Waals surface area contributed by atoms with Gasteiger partial charge < -0.3 is 4.90 Å². The smallest absolute Gasteiger partial charge is 0.244 e. The fourth-order valence-corrected chi connectivity index (χ4v) is 6.41. The largest absolute Gasteiger partial charge is 0.300 e. The lowest BCUT2D eigenvalue weighted by Crippen LogP contribution is -2.41. The minimum absolute atomic E-state index is 0. The van der Waals surface area contributed by atoms with Crippen molar-refractivity contribution in [2.45, 2.75) is 56.0 Å². The summed E-state index contributed by atoms with van der Waals surface area (Å²) < 4.78 is 27.6. The van der Waals surface area contributed by atoms with Crippen molar-refractivity contribution >= 4 is 57.2 Å². The Labute approximate surface area is 183 Å². The summed E-state index contributed by atoms with van der Waals surface area (Å²) >= 11 is 18.1. The van der Waals surface area contributed by atoms with E-state index < -0.39 is 10.0 Å². The maximum absolute atomic E-state index is 13.1. The van der Waals surface area contributed by atoms with E-state index in [0.29, 0.717) is 6.04 Å². The lowest BCUT2D eigenvalue weighted by molar-refractivity contribution is 0.136. The predicted molar refractivity (Wildman–Crippen MR) is 115 cm³/mol. The molecule has 1 aromatic rings. The summed E-state index contributed by atoms with van der Waals surface area (Å²) in [6.07, 6.45) is 5.23. The maximum atomic E-state index is 13.1. The van der Waals surface area contributed by atoms with Gasteiger partial charge in [0.2, 0.25) is 10.0 Å². The predicted octanol–water partition coefficient (Wildman–Crippen LogP) is 5.34. The van der Waals surface area contributed by atoms with Crippen LogP contribution in [-0.2, 0) is 10.0 Å². The zero-order chi connectivity index (χ0) is 19.1. The van der Waals surface area contributed by atoms with Crippen LogP contribution in [0.3, 0.4) is 0 Å². The summed E-state index contributed by atoms with van der Waals surface area (Å²) in [5, 5.41) is 0.541. The van der Waals surface area contributed by atoms with E-state index >= 15 is 0 Å². The molecule has 1 aliphatic carbocycles. The Kier molecular flexibility index (Phi) is 8.17. The molecular formula is C18H26Cl4N2O2S. The van der Waals surface area contributed by atoms with Crippen molar-refractivity contribution in [1.29, 1.82) is 0 Å². The van der Waals surface area contributed by atoms with Gasteiger partial charge in [0, 0.05) is 19.1 Å². The minimum atomic E-state index is -3.72. The van der Waals surface area contributed by atoms with Crippen LogP contribution in [0.4, 0.5) is 0 Å². The van der Waals surface area contributed by atoms with Crippen LogP contribution in [0.25, 0.3) is 0 Å². The van der Waals surface area contributed by atoms with E-state index in [1.54, 1.807) is 7.05 Å². The molecule has 9 heteroatoms. The minimum Gasteiger partial charge on any atom is -0.300 e. The van der Waals surface area contributed by atoms with Gasteiger partial charge in [-0.15, -0.1) is 12.4 Å². The summed E-state index contributed by atoms with van der Waals surface area (Å²) in [5.41, 5.74) is 0. The van der Waals surface area contributed by atoms with Crippen molar-refractivity contribution in [2.24, 2.45) is 5.92 Å². The third-order valence-electron chi connectivity index (χ3n) is 5.86. The summed E-state index contributed by atoms with van der Waals surface area (Å²) in [7, 11) is -2.08. The monoisotopic (exact) mass is 474 g/mol. The molecule has 1 saturated heterocycles. The first-order chi connectivity index (χ1) is 12.2. The lowest BCUT2D eigenvalue weighted by atomic mass is 9.97. The van der Waals surface area contributed by atoms with Gasteiger partial charge in [0.1, 0.15) is 4.90 Å². The average molecular weight is 476 g/mol. The fraction of sp³-hybridized carbons (Fsp3) is 0.667. The van der Waals surface area contributed by atoms with Gasteiger partial charge in [0.15, 0.2) is 0 Å². The van der Waals surface area contributed by atoms with Crippen LogP contribution >= 0.6 is 47.2 Å². The molecule has 1 saturated carbocycles. The summed E-state index contributed by atoms with van der Waals surface area (Å²) in [6.45, 7) is 4.54. The van der Waals surface area contributed by atoms with Crippen LogP contribution in [0.1, 0.15) is 39.0 Å². The highest BCUT2D eigenvalue weighted by Crippen LogP contribution is 2.36. The Hall–Kier alpha value is 0.250. The van der Waals surface area contributed by atoms with Crippen LogP contribution in [0.2, 0.25) is 15.1 Å². The van der Waals surface area contributed by atoms with Crippen LogP contribution in [-0.4, -0.2) is 49.8 Å². The van der Waals surface area contributed by atoms with E-state index in [4.69, 9.17) is 34.8 Å². The Morgan fingerprint density at radius 2 is 1.59 bits per heavy atom. The van der Waals surface area contributed by atoms with Gasteiger partial charge in [-0.05, 0) is 63.2 Å². The third-order valence-corrected chi connectivity index (χ3v) is 8.95. The number of benzene rings is 1. The van der Waals surface area contributed by atoms with E-state index in [9.17, 15) is 8.42 Å². The van der Waals surface area contributed by atoms with Gasteiger partial charge in [-0.2, -0.15) is 4.31 Å². The van der Waals surface area contributed by atoms with E-state index in [1.807, 2.05) is 0 Å². The second-order valence-corrected chi connectivity index (χ2v) is 10.7. The van der Waals surface area contributed by atoms with Crippen LogP contribution < -0.4 is 0 Å². The molecule has 2 aliphatic rings. The normalized spacial score (nSPS) is 25.0. The topological polar surface area (TPSA) is 40.6 Å². The Bertz CT molecular complexity index is 767. The average Bonchev–Trinajstić information content (AvgIpc) is 3.07. The number of likely N-dealkylation sites (tertiary alicyclic amines) is 1. The Balaban J connectivity index is 0.00000261. The Morgan fingerprint density at radius 3 is 2.22 bits per heavy atom. The number of piperidine rings is 1. The molecule has 0 radical (unpaired) electrons. The molecule has 0 N–H and O–H groups in total. The molecule has 2 fully saturated rings. The molecular weight excluding hydrogens is 450 g/mol. The summed E-state index contributed by atoms with van der Waals surface area (Å²) in [4.78, 5) is 2.55. The number of nitrogens with zero attached hydrogens (tertiary/aromatic N) is 2. The van der Waals surface area contributed by atoms with Crippen LogP contribution in [0, 0.1) is 5.92 Å². The standard InChI is InChI=1S/C18H25Cl3N2O2S.ClH/c1-12-5-7-23(8-6-12)14-4-3-13(9-14)22(2)26(24,25)18-11-16(20)15(19)10-17(18)21;/h10-14H,3-9H2,1-2H3;1H/t13-,14+;/m0./s1. The highest BCUT2D eigenvalue weighted by Gasteiger charge is 2.37. The first-order valence-electron chi connectivity index (χ1n) is 9.06. The molecule has 3 rings (SSSR count). The van der Waals surface area contributed by atoms with Gasteiger partial charge in [-0.25, -0.2) is 8.42 Å². The molecule has 0 spiro atoms. The highest BCUT2D eigenvalue weighted by atomic mass is 35.5. The van der Waals surface area contributed by atoms with Crippen LogP contribution in [0.5, 0.6) is 0 Å². The van der Waals surface area contributed by atoms with Gasteiger partial charge >= 0.3 is 0 Å². The fourth-order valence-electron chi connectivity index (χ4n) is 4.04. The Morgan fingerprint density at radius 1 is 1.00 bits per heavy atom. The zero-order valence-electron chi connectivity index (χ0n) is 15.5. The second-order valence-electron chi connectivity index (χ2n) is 7.56. The van der Waals surface area contributed by atoms with Gasteiger partial charge in [-0.1, -0.05) is 41.7 Å². The molecule has 1 heterocycles. The van der Waals surface area contributed by atoms with Gasteiger partial charge in [-0.3, -0.25) is 0 Å². The number of halogens is 4. The molecule has 1 aliphatic heterocycles. The zero-order valence-corrected chi connectivity index (χ0v) is 19.4. The number of hydrogen-bond donors (Lipinski definition) is 0. The molecule has 27 heavy (non-hydrogen) atoms. The van der Waals surface area contributed by atoms with E-state index in [0.717, 1.165) is 38.3 Å². The first kappa shape index (κ1) is 23.5. The molecule has 0 unspecified atom stereocenters. The molecule has 0 bridgehead atoms. The van der Waals surface area contributed by atoms with E-state index in [2.05, 4.69) is 11.8 Å². The third kappa shape index (κ3) is 5.06. The van der Waals surface area contributed by atoms with Gasteiger partial charge in [0.25, 0.3) is 0 Å². The highest BCUT2D eigenvalue weighted by molar-refractivity contribution is 7.89. The summed E-state index contributed by atoms with van der Waals surface area (Å²) in [5.74, 6) is 0.795. The number of sulfonamides is 1. The molecule has 0 aromatic heterocycles. The molecule has 1 aromatic carbocycles. The second kappa shape index (κ2) is 9.38. The van der Waals surface area contributed by atoms with Crippen molar-refractivity contribution in [1.82, 2.24) is 9.21 Å². The van der Waals surface area contributed by atoms with Crippen LogP contribution in [0.15, 0.2) is 17.0 Å². The maximum Gasteiger partial charge on any atom is 0.244 e. The summed E-state index contributed by atoms with van der Waals surface area (Å²) in [6, 6.07) is 3.18. The molecule has 0 amide bonds. The van der Waals surface area contributed by atoms with Gasteiger partial charge in [0.05, 0.1) is 15.1 Å². The molecule has 4 nitrogen and oxygen atoms in total. The molecule has 2 atom stereocenters. The number of rotatable bonds is 4. The molecule has 154 valence electrons. The SMILES string of the molecule is CC1CCN([C@@H]2CC[C@H](N(C)S(=O)(=O)c3cc(Cl)c(Cl)cc3Cl)C2)CC1.Cl. The van der Waals surface area contributed by atoms with Crippen molar-refractivity contribution in [3.8, 4) is 0 Å². The van der Waals surface area contributed by atoms with Crippen molar-refractivity contribution in [3.05, 3.63) is 27.2 Å². The van der Waals surface area contributed by atoms with E-state index in [-0.39, 0.29) is 38.4 Å². The van der Waals surface area contributed by atoms with Crippen molar-refractivity contribution in [2.75, 3.05) is 20.1 Å². The van der Waals surface area contributed by atoms with Crippen molar-refractivity contribution < 1.29 is 8.42 Å². The number of hydrogen-bond acceptors (Lipinski definition) is 3. The van der Waals surface area contributed by atoms with Crippen molar-refractivity contribution in [3.63, 3.8) is 0 Å². The van der Waals surface area contributed by atoms with E-state index in [1.165, 1.54) is 29.3 Å². The lowest BCUT2D eigenvalue weighted by Gasteiger charge is -2.35. The quantitative estimate of drug-likeness (QED) is 0.551.